The topological polar surface area (TPSA) is 29.5 Å². The van der Waals surface area contributed by atoms with E-state index in [-0.39, 0.29) is 0 Å². The van der Waals surface area contributed by atoms with Crippen molar-refractivity contribution in [2.24, 2.45) is 5.92 Å². The van der Waals surface area contributed by atoms with E-state index in [1.165, 1.54) is 0 Å². The molecule has 1 aromatic carbocycles. The van der Waals surface area contributed by atoms with Crippen LogP contribution in [0.2, 0.25) is 0 Å². The predicted octanol–water partition coefficient (Wildman–Crippen LogP) is 3.35. The first-order valence-corrected chi connectivity index (χ1v) is 5.36. The van der Waals surface area contributed by atoms with Crippen molar-refractivity contribution in [2.45, 2.75) is 34.6 Å². The van der Waals surface area contributed by atoms with Crippen molar-refractivity contribution in [2.75, 3.05) is 6.61 Å². The molecule has 0 aliphatic heterocycles. The maximum Gasteiger partial charge on any atom is 0.123 e. The van der Waals surface area contributed by atoms with Crippen LogP contribution in [0.1, 0.15) is 30.5 Å². The largest absolute Gasteiger partial charge is 0.507 e. The van der Waals surface area contributed by atoms with E-state index in [2.05, 4.69) is 13.8 Å². The second-order valence-electron chi connectivity index (χ2n) is 4.50. The van der Waals surface area contributed by atoms with E-state index in [1.54, 1.807) is 0 Å². The molecule has 1 aromatic rings. The number of ether oxygens (including phenoxy) is 1. The van der Waals surface area contributed by atoms with Crippen molar-refractivity contribution in [3.63, 3.8) is 0 Å². The molecule has 0 saturated heterocycles. The summed E-state index contributed by atoms with van der Waals surface area (Å²) in [6.07, 6.45) is 0. The molecule has 0 fully saturated rings. The summed E-state index contributed by atoms with van der Waals surface area (Å²) in [4.78, 5) is 0. The van der Waals surface area contributed by atoms with E-state index < -0.39 is 0 Å². The molecule has 2 nitrogen and oxygen atoms in total. The summed E-state index contributed by atoms with van der Waals surface area (Å²) in [5.41, 5.74) is 2.81. The Morgan fingerprint density at radius 3 is 2.33 bits per heavy atom. The maximum absolute atomic E-state index is 9.73. The van der Waals surface area contributed by atoms with Crippen LogP contribution in [0.25, 0.3) is 0 Å². The lowest BCUT2D eigenvalue weighted by atomic mass is 10.0. The van der Waals surface area contributed by atoms with Crippen LogP contribution in [0.5, 0.6) is 11.5 Å². The Hall–Kier alpha value is -1.18. The first-order valence-electron chi connectivity index (χ1n) is 5.36. The van der Waals surface area contributed by atoms with Gasteiger partial charge in [-0.3, -0.25) is 0 Å². The number of hydrogen-bond acceptors (Lipinski definition) is 2. The second-order valence-corrected chi connectivity index (χ2v) is 4.50. The third-order valence-corrected chi connectivity index (χ3v) is 2.58. The summed E-state index contributed by atoms with van der Waals surface area (Å²) in [6.45, 7) is 10.7. The first kappa shape index (κ1) is 11.9. The zero-order valence-electron chi connectivity index (χ0n) is 10.2. The molecule has 0 heterocycles. The van der Waals surface area contributed by atoms with Crippen molar-refractivity contribution in [1.29, 1.82) is 0 Å². The van der Waals surface area contributed by atoms with Gasteiger partial charge in [0.1, 0.15) is 11.5 Å². The molecule has 0 saturated carbocycles. The summed E-state index contributed by atoms with van der Waals surface area (Å²) >= 11 is 0. The molecular formula is C13H20O2. The number of aromatic hydroxyl groups is 1. The van der Waals surface area contributed by atoms with Gasteiger partial charge in [-0.05, 0) is 49.4 Å². The minimum absolute atomic E-state index is 0.379. The summed E-state index contributed by atoms with van der Waals surface area (Å²) in [5, 5.41) is 9.73. The molecule has 0 aliphatic carbocycles. The van der Waals surface area contributed by atoms with Crippen LogP contribution >= 0.6 is 0 Å². The highest BCUT2D eigenvalue weighted by molar-refractivity contribution is 5.51. The van der Waals surface area contributed by atoms with E-state index in [4.69, 9.17) is 4.74 Å². The fourth-order valence-corrected chi connectivity index (χ4v) is 1.44. The Bertz CT molecular complexity index is 354. The summed E-state index contributed by atoms with van der Waals surface area (Å²) in [6, 6.07) is 1.90. The number of benzene rings is 1. The molecule has 0 aliphatic rings. The molecule has 0 aromatic heterocycles. The molecule has 2 heteroatoms. The Labute approximate surface area is 91.9 Å². The quantitative estimate of drug-likeness (QED) is 0.825. The normalized spacial score (nSPS) is 10.8. The minimum Gasteiger partial charge on any atom is -0.507 e. The molecule has 0 bridgehead atoms. The molecule has 15 heavy (non-hydrogen) atoms. The maximum atomic E-state index is 9.73. The van der Waals surface area contributed by atoms with Gasteiger partial charge >= 0.3 is 0 Å². The SMILES string of the molecule is Cc1cc(OCC(C)C)c(C)c(C)c1O. The molecular weight excluding hydrogens is 188 g/mol. The van der Waals surface area contributed by atoms with E-state index >= 15 is 0 Å². The molecule has 1 N–H and O–H groups in total. The lowest BCUT2D eigenvalue weighted by Gasteiger charge is -2.15. The van der Waals surface area contributed by atoms with Crippen molar-refractivity contribution in [1.82, 2.24) is 0 Å². The first-order chi connectivity index (χ1) is 6.93. The van der Waals surface area contributed by atoms with Gasteiger partial charge in [-0.2, -0.15) is 0 Å². The van der Waals surface area contributed by atoms with Crippen LogP contribution in [0, 0.1) is 26.7 Å². The number of phenols is 1. The Morgan fingerprint density at radius 1 is 1.20 bits per heavy atom. The van der Waals surface area contributed by atoms with Crippen LogP contribution in [0.4, 0.5) is 0 Å². The lowest BCUT2D eigenvalue weighted by Crippen LogP contribution is -2.06. The molecule has 0 radical (unpaired) electrons. The number of aryl methyl sites for hydroxylation is 1. The Morgan fingerprint density at radius 2 is 1.80 bits per heavy atom. The Balaban J connectivity index is 2.99. The van der Waals surface area contributed by atoms with Gasteiger partial charge in [0.25, 0.3) is 0 Å². The fraction of sp³-hybridized carbons (Fsp3) is 0.538. The summed E-state index contributed by atoms with van der Waals surface area (Å²) in [5.74, 6) is 1.78. The number of phenolic OH excluding ortho intramolecular Hbond substituents is 1. The van der Waals surface area contributed by atoms with Crippen molar-refractivity contribution < 1.29 is 9.84 Å². The van der Waals surface area contributed by atoms with Gasteiger partial charge in [-0.1, -0.05) is 13.8 Å². The third-order valence-electron chi connectivity index (χ3n) is 2.58. The van der Waals surface area contributed by atoms with E-state index in [9.17, 15) is 5.11 Å². The highest BCUT2D eigenvalue weighted by Crippen LogP contribution is 2.32. The van der Waals surface area contributed by atoms with Crippen LogP contribution in [-0.4, -0.2) is 11.7 Å². The van der Waals surface area contributed by atoms with Gasteiger partial charge in [-0.25, -0.2) is 0 Å². The molecule has 1 rings (SSSR count). The van der Waals surface area contributed by atoms with Crippen LogP contribution < -0.4 is 4.74 Å². The van der Waals surface area contributed by atoms with Gasteiger partial charge in [0.2, 0.25) is 0 Å². The van der Waals surface area contributed by atoms with E-state index in [1.807, 2.05) is 26.8 Å². The third kappa shape index (κ3) is 2.65. The van der Waals surface area contributed by atoms with E-state index in [0.29, 0.717) is 18.3 Å². The van der Waals surface area contributed by atoms with Crippen molar-refractivity contribution in [3.8, 4) is 11.5 Å². The van der Waals surface area contributed by atoms with Gasteiger partial charge < -0.3 is 9.84 Å². The average Bonchev–Trinajstić information content (AvgIpc) is 2.18. The lowest BCUT2D eigenvalue weighted by molar-refractivity contribution is 0.268. The zero-order chi connectivity index (χ0) is 11.6. The van der Waals surface area contributed by atoms with Gasteiger partial charge in [-0.15, -0.1) is 0 Å². The standard InChI is InChI=1S/C13H20O2/c1-8(2)7-15-12-6-9(3)13(14)11(5)10(12)4/h6,8,14H,7H2,1-5H3. The van der Waals surface area contributed by atoms with Gasteiger partial charge in [0, 0.05) is 0 Å². The molecule has 0 unspecified atom stereocenters. The van der Waals surface area contributed by atoms with Crippen LogP contribution in [-0.2, 0) is 0 Å². The fourth-order valence-electron chi connectivity index (χ4n) is 1.44. The number of hydrogen-bond donors (Lipinski definition) is 1. The van der Waals surface area contributed by atoms with Crippen molar-refractivity contribution in [3.05, 3.63) is 22.8 Å². The highest BCUT2D eigenvalue weighted by atomic mass is 16.5. The van der Waals surface area contributed by atoms with Crippen molar-refractivity contribution >= 4 is 0 Å². The second kappa shape index (κ2) is 4.56. The minimum atomic E-state index is 0.379. The monoisotopic (exact) mass is 208 g/mol. The van der Waals surface area contributed by atoms with Crippen LogP contribution in [0.3, 0.4) is 0 Å². The number of rotatable bonds is 3. The molecule has 0 amide bonds. The molecule has 0 atom stereocenters. The molecule has 0 spiro atoms. The molecule has 84 valence electrons. The Kier molecular flexibility index (Phi) is 3.61. The predicted molar refractivity (Wildman–Crippen MR) is 62.7 cm³/mol. The average molecular weight is 208 g/mol. The van der Waals surface area contributed by atoms with Crippen LogP contribution in [0.15, 0.2) is 6.07 Å². The smallest absolute Gasteiger partial charge is 0.123 e. The van der Waals surface area contributed by atoms with Gasteiger partial charge in [0.05, 0.1) is 6.61 Å². The van der Waals surface area contributed by atoms with E-state index in [0.717, 1.165) is 22.4 Å². The highest BCUT2D eigenvalue weighted by Gasteiger charge is 2.10. The zero-order valence-corrected chi connectivity index (χ0v) is 10.2. The van der Waals surface area contributed by atoms with Gasteiger partial charge in [0.15, 0.2) is 0 Å². The summed E-state index contributed by atoms with van der Waals surface area (Å²) < 4.78 is 5.70. The summed E-state index contributed by atoms with van der Waals surface area (Å²) in [7, 11) is 0.